The summed E-state index contributed by atoms with van der Waals surface area (Å²) in [5, 5.41) is 0. The molecular formula is C24H36Ce. The molecule has 0 saturated carbocycles. The van der Waals surface area contributed by atoms with Gasteiger partial charge in [0.25, 0.3) is 0 Å². The number of hydrogen-bond acceptors (Lipinski definition) is 0. The maximum Gasteiger partial charge on any atom is 0 e. The van der Waals surface area contributed by atoms with Crippen molar-refractivity contribution < 1.29 is 41.7 Å². The third kappa shape index (κ3) is 12.8. The SMILES string of the molecule is CCCC1=CC=CC1.CCCC1=CC=CC1.CCCC1=CC=CC1.[Ce]. The summed E-state index contributed by atoms with van der Waals surface area (Å²) in [6, 6.07) is 0. The Morgan fingerprint density at radius 1 is 0.560 bits per heavy atom. The quantitative estimate of drug-likeness (QED) is 0.373. The average Bonchev–Trinajstić information content (AvgIpc) is 3.33. The first-order valence-corrected chi connectivity index (χ1v) is 9.83. The van der Waals surface area contributed by atoms with Crippen LogP contribution in [0.15, 0.2) is 71.4 Å². The molecule has 0 atom stereocenters. The minimum Gasteiger partial charge on any atom is -0.0805 e. The van der Waals surface area contributed by atoms with Gasteiger partial charge in [-0.25, -0.2) is 0 Å². The van der Waals surface area contributed by atoms with Crippen molar-refractivity contribution in [1.82, 2.24) is 0 Å². The molecule has 3 aliphatic carbocycles. The summed E-state index contributed by atoms with van der Waals surface area (Å²) in [5.74, 6) is 0. The molecule has 0 spiro atoms. The fourth-order valence-corrected chi connectivity index (χ4v) is 2.99. The summed E-state index contributed by atoms with van der Waals surface area (Å²) in [5.41, 5.74) is 4.77. The monoisotopic (exact) mass is 464 g/mol. The predicted octanol–water partition coefficient (Wildman–Crippen LogP) is 8.02. The maximum absolute atomic E-state index is 2.23. The van der Waals surface area contributed by atoms with Gasteiger partial charge in [0, 0.05) is 41.7 Å². The van der Waals surface area contributed by atoms with E-state index in [1.54, 1.807) is 16.7 Å². The second-order valence-electron chi connectivity index (χ2n) is 6.62. The Bertz CT molecular complexity index is 436. The molecule has 0 aromatic heterocycles. The summed E-state index contributed by atoms with van der Waals surface area (Å²) >= 11 is 0. The molecule has 25 heavy (non-hydrogen) atoms. The molecule has 0 bridgehead atoms. The molecule has 0 unspecified atom stereocenters. The fourth-order valence-electron chi connectivity index (χ4n) is 2.99. The van der Waals surface area contributed by atoms with Crippen LogP contribution in [0.4, 0.5) is 0 Å². The molecule has 0 saturated heterocycles. The van der Waals surface area contributed by atoms with Gasteiger partial charge >= 0.3 is 0 Å². The minimum atomic E-state index is 0. The molecule has 0 aromatic rings. The van der Waals surface area contributed by atoms with E-state index in [2.05, 4.69) is 75.5 Å². The van der Waals surface area contributed by atoms with Crippen molar-refractivity contribution >= 4 is 0 Å². The topological polar surface area (TPSA) is 0 Å². The third-order valence-corrected chi connectivity index (χ3v) is 4.26. The van der Waals surface area contributed by atoms with Gasteiger partial charge < -0.3 is 0 Å². The van der Waals surface area contributed by atoms with E-state index in [4.69, 9.17) is 0 Å². The molecular weight excluding hydrogens is 428 g/mol. The van der Waals surface area contributed by atoms with Crippen LogP contribution in [-0.2, 0) is 0 Å². The fraction of sp³-hybridized carbons (Fsp3) is 0.500. The molecule has 0 aliphatic heterocycles. The Balaban J connectivity index is 0.000000339. The summed E-state index contributed by atoms with van der Waals surface area (Å²) in [7, 11) is 0. The molecule has 0 heterocycles. The van der Waals surface area contributed by atoms with Crippen molar-refractivity contribution in [2.45, 2.75) is 78.6 Å². The summed E-state index contributed by atoms with van der Waals surface area (Å²) in [4.78, 5) is 0. The van der Waals surface area contributed by atoms with Gasteiger partial charge in [0.1, 0.15) is 0 Å². The molecule has 0 N–H and O–H groups in total. The van der Waals surface area contributed by atoms with Crippen LogP contribution in [0.2, 0.25) is 0 Å². The Labute approximate surface area is 190 Å². The van der Waals surface area contributed by atoms with Crippen LogP contribution in [0.1, 0.15) is 78.6 Å². The Hall–Kier alpha value is -0.183. The standard InChI is InChI=1S/3C8H12.Ce/c3*1-2-5-8-6-3-4-7-8;/h3*3-4,6H,2,5,7H2,1H3;. The average molecular weight is 465 g/mol. The second-order valence-corrected chi connectivity index (χ2v) is 6.62. The van der Waals surface area contributed by atoms with Gasteiger partial charge in [-0.2, -0.15) is 0 Å². The zero-order valence-corrected chi connectivity index (χ0v) is 19.7. The molecule has 0 amide bonds. The first kappa shape index (κ1) is 24.8. The van der Waals surface area contributed by atoms with E-state index in [1.165, 1.54) is 57.8 Å². The number of rotatable bonds is 6. The van der Waals surface area contributed by atoms with Crippen LogP contribution in [0, 0.1) is 41.7 Å². The van der Waals surface area contributed by atoms with Crippen LogP contribution >= 0.6 is 0 Å². The second kappa shape index (κ2) is 17.2. The molecule has 0 nitrogen and oxygen atoms in total. The number of allylic oxidation sites excluding steroid dienone is 12. The molecule has 3 rings (SSSR count). The molecule has 3 aliphatic rings. The first-order valence-electron chi connectivity index (χ1n) is 9.83. The van der Waals surface area contributed by atoms with Crippen molar-refractivity contribution in [2.75, 3.05) is 0 Å². The van der Waals surface area contributed by atoms with Gasteiger partial charge in [0.15, 0.2) is 0 Å². The van der Waals surface area contributed by atoms with E-state index in [0.717, 1.165) is 0 Å². The van der Waals surface area contributed by atoms with Crippen molar-refractivity contribution in [2.24, 2.45) is 0 Å². The first-order chi connectivity index (χ1) is 11.8. The molecule has 136 valence electrons. The van der Waals surface area contributed by atoms with Crippen LogP contribution in [0.25, 0.3) is 0 Å². The van der Waals surface area contributed by atoms with E-state index in [0.29, 0.717) is 0 Å². The van der Waals surface area contributed by atoms with Crippen molar-refractivity contribution in [3.05, 3.63) is 71.4 Å². The van der Waals surface area contributed by atoms with Gasteiger partial charge in [-0.3, -0.25) is 0 Å². The molecule has 0 radical (unpaired) electrons. The predicted molar refractivity (Wildman–Crippen MR) is 110 cm³/mol. The Morgan fingerprint density at radius 2 is 0.840 bits per heavy atom. The zero-order chi connectivity index (χ0) is 17.5. The van der Waals surface area contributed by atoms with Crippen LogP contribution < -0.4 is 0 Å². The third-order valence-electron chi connectivity index (χ3n) is 4.26. The minimum absolute atomic E-state index is 0. The van der Waals surface area contributed by atoms with Crippen molar-refractivity contribution in [3.63, 3.8) is 0 Å². The van der Waals surface area contributed by atoms with Crippen LogP contribution in [0.5, 0.6) is 0 Å². The van der Waals surface area contributed by atoms with Crippen LogP contribution in [0.3, 0.4) is 0 Å². The largest absolute Gasteiger partial charge is 0.0805 e. The Kier molecular flexibility index (Phi) is 17.1. The van der Waals surface area contributed by atoms with Crippen molar-refractivity contribution in [3.8, 4) is 0 Å². The van der Waals surface area contributed by atoms with E-state index in [-0.39, 0.29) is 41.7 Å². The van der Waals surface area contributed by atoms with E-state index < -0.39 is 0 Å². The van der Waals surface area contributed by atoms with E-state index in [1.807, 2.05) is 0 Å². The van der Waals surface area contributed by atoms with Crippen molar-refractivity contribution in [1.29, 1.82) is 0 Å². The van der Waals surface area contributed by atoms with Gasteiger partial charge in [-0.1, -0.05) is 111 Å². The summed E-state index contributed by atoms with van der Waals surface area (Å²) < 4.78 is 0. The van der Waals surface area contributed by atoms with Gasteiger partial charge in [-0.15, -0.1) is 0 Å². The maximum atomic E-state index is 2.23. The summed E-state index contributed by atoms with van der Waals surface area (Å²) in [6.07, 6.45) is 31.1. The van der Waals surface area contributed by atoms with Gasteiger partial charge in [0.05, 0.1) is 0 Å². The summed E-state index contributed by atoms with van der Waals surface area (Å²) in [6.45, 7) is 6.66. The number of hydrogen-bond donors (Lipinski definition) is 0. The normalized spacial score (nSPS) is 16.2. The van der Waals surface area contributed by atoms with E-state index >= 15 is 0 Å². The zero-order valence-electron chi connectivity index (χ0n) is 16.6. The molecule has 0 aromatic carbocycles. The van der Waals surface area contributed by atoms with Gasteiger partial charge in [-0.05, 0) is 38.5 Å². The molecule has 1 heteroatoms. The smallest absolute Gasteiger partial charge is 0 e. The van der Waals surface area contributed by atoms with E-state index in [9.17, 15) is 0 Å². The van der Waals surface area contributed by atoms with Gasteiger partial charge in [0.2, 0.25) is 0 Å². The molecule has 0 fully saturated rings. The van der Waals surface area contributed by atoms with Crippen LogP contribution in [-0.4, -0.2) is 0 Å². The Morgan fingerprint density at radius 3 is 1.00 bits per heavy atom.